The Hall–Kier alpha value is -3.75. The molecule has 2 aromatic carbocycles. The van der Waals surface area contributed by atoms with Crippen molar-refractivity contribution >= 4 is 28.7 Å². The maximum atomic E-state index is 12.7. The van der Waals surface area contributed by atoms with E-state index in [2.05, 4.69) is 0 Å². The molecule has 0 saturated heterocycles. The second-order valence-corrected chi connectivity index (χ2v) is 5.32. The summed E-state index contributed by atoms with van der Waals surface area (Å²) in [6.07, 6.45) is 0. The third-order valence-electron chi connectivity index (χ3n) is 3.91. The van der Waals surface area contributed by atoms with Gasteiger partial charge in [-0.3, -0.25) is 34.6 Å². The molecule has 0 unspecified atom stereocenters. The number of Topliss-reactive ketones (excluding diaryl/α,β-unsaturated/α-hetero) is 1. The Morgan fingerprint density at radius 1 is 0.920 bits per heavy atom. The van der Waals surface area contributed by atoms with E-state index in [1.165, 1.54) is 24.3 Å². The fraction of sp³-hybridized carbons (Fsp3) is 0.0625. The van der Waals surface area contributed by atoms with E-state index in [1.54, 1.807) is 0 Å². The zero-order valence-electron chi connectivity index (χ0n) is 12.6. The molecule has 124 valence electrons. The molecule has 0 saturated carbocycles. The Morgan fingerprint density at radius 2 is 1.44 bits per heavy atom. The number of ketones is 3. The molecule has 9 nitrogen and oxygen atoms in total. The minimum absolute atomic E-state index is 0.0760. The summed E-state index contributed by atoms with van der Waals surface area (Å²) in [5.41, 5.74) is -3.83. The Balaban J connectivity index is 2.54. The minimum atomic E-state index is -0.974. The SMILES string of the molecule is CC(=O)c1cc([N+](=O)[O-])c2c(c1[N+](=O)[O-])C(=O)c1ccccc1C2=O. The van der Waals surface area contributed by atoms with Gasteiger partial charge in [-0.2, -0.15) is 0 Å². The van der Waals surface area contributed by atoms with Crippen molar-refractivity contribution < 1.29 is 24.2 Å². The number of nitro benzene ring substituents is 2. The molecule has 0 amide bonds. The van der Waals surface area contributed by atoms with Gasteiger partial charge in [0.15, 0.2) is 5.78 Å². The van der Waals surface area contributed by atoms with Crippen LogP contribution in [-0.2, 0) is 0 Å². The minimum Gasteiger partial charge on any atom is -0.294 e. The van der Waals surface area contributed by atoms with Gasteiger partial charge in [0.05, 0.1) is 9.85 Å². The van der Waals surface area contributed by atoms with Crippen LogP contribution < -0.4 is 0 Å². The molecular weight excluding hydrogens is 332 g/mol. The average Bonchev–Trinajstić information content (AvgIpc) is 2.57. The number of nitrogens with zero attached hydrogens (tertiary/aromatic N) is 2. The zero-order valence-corrected chi connectivity index (χ0v) is 12.6. The van der Waals surface area contributed by atoms with E-state index in [0.717, 1.165) is 6.92 Å². The fourth-order valence-electron chi connectivity index (χ4n) is 2.86. The summed E-state index contributed by atoms with van der Waals surface area (Å²) in [6.45, 7) is 0.988. The van der Waals surface area contributed by atoms with Crippen LogP contribution >= 0.6 is 0 Å². The summed E-state index contributed by atoms with van der Waals surface area (Å²) in [5.74, 6) is -2.59. The number of carbonyl (C=O) groups is 3. The van der Waals surface area contributed by atoms with Crippen LogP contribution in [0.4, 0.5) is 11.4 Å². The maximum absolute atomic E-state index is 12.7. The van der Waals surface area contributed by atoms with Crippen LogP contribution in [0.2, 0.25) is 0 Å². The van der Waals surface area contributed by atoms with Crippen LogP contribution in [0.5, 0.6) is 0 Å². The summed E-state index contributed by atoms with van der Waals surface area (Å²) in [4.78, 5) is 58.1. The summed E-state index contributed by atoms with van der Waals surface area (Å²) >= 11 is 0. The van der Waals surface area contributed by atoms with E-state index in [4.69, 9.17) is 0 Å². The second kappa shape index (κ2) is 5.41. The summed E-state index contributed by atoms with van der Waals surface area (Å²) in [7, 11) is 0. The van der Waals surface area contributed by atoms with Gasteiger partial charge >= 0.3 is 0 Å². The molecular formula is C16H8N2O7. The third-order valence-corrected chi connectivity index (χ3v) is 3.91. The normalized spacial score (nSPS) is 12.4. The van der Waals surface area contributed by atoms with Crippen molar-refractivity contribution in [2.75, 3.05) is 0 Å². The van der Waals surface area contributed by atoms with Crippen molar-refractivity contribution in [2.24, 2.45) is 0 Å². The predicted molar refractivity (Wildman–Crippen MR) is 83.1 cm³/mol. The Morgan fingerprint density at radius 3 is 1.88 bits per heavy atom. The number of nitro groups is 2. The van der Waals surface area contributed by atoms with Gasteiger partial charge in [-0.15, -0.1) is 0 Å². The van der Waals surface area contributed by atoms with E-state index in [1.807, 2.05) is 0 Å². The highest BCUT2D eigenvalue weighted by atomic mass is 16.6. The molecule has 0 fully saturated rings. The number of fused-ring (bicyclic) bond motifs is 2. The van der Waals surface area contributed by atoms with Crippen molar-refractivity contribution in [1.82, 2.24) is 0 Å². The third kappa shape index (κ3) is 2.21. The molecule has 0 radical (unpaired) electrons. The number of benzene rings is 2. The van der Waals surface area contributed by atoms with E-state index in [0.29, 0.717) is 6.07 Å². The van der Waals surface area contributed by atoms with Crippen LogP contribution in [0, 0.1) is 20.2 Å². The lowest BCUT2D eigenvalue weighted by Gasteiger charge is -2.18. The zero-order chi connectivity index (χ0) is 18.5. The largest absolute Gasteiger partial charge is 0.294 e. The van der Waals surface area contributed by atoms with E-state index in [9.17, 15) is 34.6 Å². The van der Waals surface area contributed by atoms with Crippen molar-refractivity contribution in [3.8, 4) is 0 Å². The van der Waals surface area contributed by atoms with Gasteiger partial charge in [0.1, 0.15) is 16.7 Å². The molecule has 0 aliphatic heterocycles. The van der Waals surface area contributed by atoms with Crippen molar-refractivity contribution in [1.29, 1.82) is 0 Å². The van der Waals surface area contributed by atoms with Gasteiger partial charge in [-0.05, 0) is 6.92 Å². The molecule has 9 heteroatoms. The fourth-order valence-corrected chi connectivity index (χ4v) is 2.86. The summed E-state index contributed by atoms with van der Waals surface area (Å²) in [6, 6.07) is 6.23. The van der Waals surface area contributed by atoms with Gasteiger partial charge in [0, 0.05) is 17.2 Å². The van der Waals surface area contributed by atoms with E-state index < -0.39 is 55.3 Å². The first-order valence-electron chi connectivity index (χ1n) is 6.94. The van der Waals surface area contributed by atoms with Crippen LogP contribution in [-0.4, -0.2) is 27.2 Å². The van der Waals surface area contributed by atoms with Gasteiger partial charge in [-0.25, -0.2) is 0 Å². The number of rotatable bonds is 3. The van der Waals surface area contributed by atoms with Gasteiger partial charge in [-0.1, -0.05) is 24.3 Å². The molecule has 0 N–H and O–H groups in total. The van der Waals surface area contributed by atoms with Gasteiger partial charge in [0.2, 0.25) is 11.6 Å². The lowest BCUT2D eigenvalue weighted by molar-refractivity contribution is -0.389. The first-order chi connectivity index (χ1) is 11.8. The molecule has 0 spiro atoms. The van der Waals surface area contributed by atoms with Crippen molar-refractivity contribution in [3.63, 3.8) is 0 Å². The lowest BCUT2D eigenvalue weighted by atomic mass is 9.81. The van der Waals surface area contributed by atoms with E-state index in [-0.39, 0.29) is 11.1 Å². The highest BCUT2D eigenvalue weighted by molar-refractivity contribution is 6.32. The smallest absolute Gasteiger partial charge is 0.292 e. The molecule has 0 aromatic heterocycles. The standard InChI is InChI=1S/C16H8N2O7/c1-7(19)10-6-11(17(22)23)12-13(14(10)18(24)25)16(21)9-5-3-2-4-8(9)15(12)20/h2-6H,1H3. The summed E-state index contributed by atoms with van der Waals surface area (Å²) in [5, 5.41) is 22.8. The first kappa shape index (κ1) is 16.1. The van der Waals surface area contributed by atoms with Crippen LogP contribution in [0.1, 0.15) is 49.1 Å². The molecule has 0 atom stereocenters. The van der Waals surface area contributed by atoms with Gasteiger partial charge < -0.3 is 0 Å². The highest BCUT2D eigenvalue weighted by Crippen LogP contribution is 2.40. The number of hydrogen-bond acceptors (Lipinski definition) is 7. The highest BCUT2D eigenvalue weighted by Gasteiger charge is 2.43. The molecule has 1 aliphatic rings. The molecule has 1 aliphatic carbocycles. The van der Waals surface area contributed by atoms with Crippen LogP contribution in [0.3, 0.4) is 0 Å². The second-order valence-electron chi connectivity index (χ2n) is 5.32. The van der Waals surface area contributed by atoms with Crippen LogP contribution in [0.25, 0.3) is 0 Å². The average molecular weight is 340 g/mol. The quantitative estimate of drug-likeness (QED) is 0.405. The predicted octanol–water partition coefficient (Wildman–Crippen LogP) is 2.48. The van der Waals surface area contributed by atoms with E-state index >= 15 is 0 Å². The molecule has 0 heterocycles. The first-order valence-corrected chi connectivity index (χ1v) is 6.94. The lowest BCUT2D eigenvalue weighted by Crippen LogP contribution is -2.24. The molecule has 2 aromatic rings. The summed E-state index contributed by atoms with van der Waals surface area (Å²) < 4.78 is 0. The van der Waals surface area contributed by atoms with Gasteiger partial charge in [0.25, 0.3) is 11.4 Å². The monoisotopic (exact) mass is 340 g/mol. The van der Waals surface area contributed by atoms with Crippen LogP contribution in [0.15, 0.2) is 30.3 Å². The number of carbonyl (C=O) groups excluding carboxylic acids is 3. The molecule has 0 bridgehead atoms. The maximum Gasteiger partial charge on any atom is 0.292 e. The van der Waals surface area contributed by atoms with Crippen molar-refractivity contribution in [2.45, 2.75) is 6.92 Å². The number of hydrogen-bond donors (Lipinski definition) is 0. The Kier molecular flexibility index (Phi) is 3.49. The molecule has 3 rings (SSSR count). The topological polar surface area (TPSA) is 137 Å². The molecule has 25 heavy (non-hydrogen) atoms. The Bertz CT molecular complexity index is 1020. The van der Waals surface area contributed by atoms with Crippen molar-refractivity contribution in [3.05, 3.63) is 78.4 Å². The Labute approximate surface area is 139 Å².